The number of likely N-dealkylation sites (tertiary alicyclic amines) is 1. The summed E-state index contributed by atoms with van der Waals surface area (Å²) in [5.41, 5.74) is -1.08. The van der Waals surface area contributed by atoms with E-state index in [0.717, 1.165) is 25.9 Å². The fourth-order valence-electron chi connectivity index (χ4n) is 5.46. The van der Waals surface area contributed by atoms with Gasteiger partial charge in [-0.3, -0.25) is 14.5 Å². The summed E-state index contributed by atoms with van der Waals surface area (Å²) in [6, 6.07) is -0.0780. The molecule has 5 atom stereocenters. The lowest BCUT2D eigenvalue weighted by Gasteiger charge is -2.57. The summed E-state index contributed by atoms with van der Waals surface area (Å²) in [6.45, 7) is 6.08. The molecule has 0 aromatic rings. The van der Waals surface area contributed by atoms with E-state index in [0.29, 0.717) is 6.42 Å². The third kappa shape index (κ3) is 1.65. The number of piperidine rings is 1. The van der Waals surface area contributed by atoms with Crippen LogP contribution in [0.1, 0.15) is 33.1 Å². The number of rotatable bonds is 3. The van der Waals surface area contributed by atoms with Gasteiger partial charge in [0, 0.05) is 32.0 Å². The third-order valence-corrected chi connectivity index (χ3v) is 6.22. The van der Waals surface area contributed by atoms with Gasteiger partial charge in [-0.25, -0.2) is 0 Å². The topological polar surface area (TPSA) is 55.8 Å². The van der Waals surface area contributed by atoms with Crippen molar-refractivity contribution in [3.8, 4) is 0 Å². The molecule has 0 amide bonds. The monoisotopic (exact) mass is 295 g/mol. The van der Waals surface area contributed by atoms with Crippen molar-refractivity contribution >= 4 is 11.8 Å². The molecule has 5 unspecified atom stereocenters. The molecule has 21 heavy (non-hydrogen) atoms. The highest BCUT2D eigenvalue weighted by Gasteiger charge is 2.74. The van der Waals surface area contributed by atoms with E-state index in [9.17, 15) is 9.59 Å². The standard InChI is InChI=1S/C16H25NO4/c1-5-17-9-15(2)7-6-12(18)16(14(19)21-4)11(17)8-10(20-3)13(15)16/h10-11,13H,5-9H2,1-4H3. The second kappa shape index (κ2) is 4.78. The largest absolute Gasteiger partial charge is 0.468 e. The number of ether oxygens (including phenoxy) is 2. The maximum Gasteiger partial charge on any atom is 0.321 e. The van der Waals surface area contributed by atoms with Crippen molar-refractivity contribution in [2.24, 2.45) is 16.7 Å². The van der Waals surface area contributed by atoms with Crippen LogP contribution in [0.3, 0.4) is 0 Å². The Bertz CT molecular complexity index is 467. The summed E-state index contributed by atoms with van der Waals surface area (Å²) in [6.07, 6.45) is 2.01. The Morgan fingerprint density at radius 3 is 2.71 bits per heavy atom. The minimum Gasteiger partial charge on any atom is -0.468 e. The summed E-state index contributed by atoms with van der Waals surface area (Å²) >= 11 is 0. The van der Waals surface area contributed by atoms with E-state index in [4.69, 9.17) is 9.47 Å². The van der Waals surface area contributed by atoms with Gasteiger partial charge in [0.15, 0.2) is 5.78 Å². The number of nitrogens with zero attached hydrogens (tertiary/aromatic N) is 1. The van der Waals surface area contributed by atoms with E-state index >= 15 is 0 Å². The molecule has 5 heteroatoms. The van der Waals surface area contributed by atoms with Crippen molar-refractivity contribution in [1.29, 1.82) is 0 Å². The number of esters is 1. The van der Waals surface area contributed by atoms with Gasteiger partial charge in [0.1, 0.15) is 5.41 Å². The van der Waals surface area contributed by atoms with Crippen LogP contribution >= 0.6 is 0 Å². The summed E-state index contributed by atoms with van der Waals surface area (Å²) in [4.78, 5) is 27.9. The minimum atomic E-state index is -1.02. The molecule has 3 fully saturated rings. The fraction of sp³-hybridized carbons (Fsp3) is 0.875. The van der Waals surface area contributed by atoms with Gasteiger partial charge < -0.3 is 9.47 Å². The van der Waals surface area contributed by atoms with Crippen molar-refractivity contribution in [3.05, 3.63) is 0 Å². The first-order valence-corrected chi connectivity index (χ1v) is 7.84. The first-order chi connectivity index (χ1) is 9.95. The van der Waals surface area contributed by atoms with Crippen molar-refractivity contribution in [3.63, 3.8) is 0 Å². The second-order valence-corrected chi connectivity index (χ2v) is 7.00. The van der Waals surface area contributed by atoms with Crippen LogP contribution in [0.4, 0.5) is 0 Å². The summed E-state index contributed by atoms with van der Waals surface area (Å²) in [5.74, 6) is -0.359. The summed E-state index contributed by atoms with van der Waals surface area (Å²) in [5, 5.41) is 0. The van der Waals surface area contributed by atoms with Gasteiger partial charge in [-0.1, -0.05) is 13.8 Å². The molecule has 3 rings (SSSR count). The quantitative estimate of drug-likeness (QED) is 0.579. The Hall–Kier alpha value is -0.940. The Kier molecular flexibility index (Phi) is 3.41. The molecule has 1 heterocycles. The van der Waals surface area contributed by atoms with Gasteiger partial charge in [0.05, 0.1) is 13.2 Å². The highest BCUT2D eigenvalue weighted by molar-refractivity contribution is 6.06. The van der Waals surface area contributed by atoms with E-state index in [1.165, 1.54) is 7.11 Å². The molecule has 1 saturated heterocycles. The van der Waals surface area contributed by atoms with E-state index in [-0.39, 0.29) is 35.2 Å². The third-order valence-electron chi connectivity index (χ3n) is 6.22. The van der Waals surface area contributed by atoms with Gasteiger partial charge in [0.25, 0.3) is 0 Å². The molecule has 0 N–H and O–H groups in total. The maximum absolute atomic E-state index is 12.9. The second-order valence-electron chi connectivity index (χ2n) is 7.00. The molecule has 1 aliphatic heterocycles. The van der Waals surface area contributed by atoms with Gasteiger partial charge in [-0.2, -0.15) is 0 Å². The zero-order valence-corrected chi connectivity index (χ0v) is 13.3. The zero-order valence-electron chi connectivity index (χ0n) is 13.3. The van der Waals surface area contributed by atoms with E-state index < -0.39 is 5.41 Å². The number of carbonyl (C=O) groups excluding carboxylic acids is 2. The highest BCUT2D eigenvalue weighted by atomic mass is 16.5. The molecule has 0 radical (unpaired) electrons. The van der Waals surface area contributed by atoms with Crippen LogP contribution in [0.25, 0.3) is 0 Å². The summed E-state index contributed by atoms with van der Waals surface area (Å²) < 4.78 is 10.8. The van der Waals surface area contributed by atoms with Crippen LogP contribution in [0.15, 0.2) is 0 Å². The van der Waals surface area contributed by atoms with Crippen molar-refractivity contribution in [2.75, 3.05) is 27.3 Å². The van der Waals surface area contributed by atoms with Crippen LogP contribution in [0, 0.1) is 16.7 Å². The number of methoxy groups -OCH3 is 2. The van der Waals surface area contributed by atoms with Gasteiger partial charge in [-0.05, 0) is 24.8 Å². The smallest absolute Gasteiger partial charge is 0.321 e. The molecule has 3 aliphatic rings. The van der Waals surface area contributed by atoms with Crippen LogP contribution in [0.5, 0.6) is 0 Å². The number of hydrogen-bond acceptors (Lipinski definition) is 5. The van der Waals surface area contributed by atoms with Crippen LogP contribution < -0.4 is 0 Å². The Morgan fingerprint density at radius 1 is 1.43 bits per heavy atom. The van der Waals surface area contributed by atoms with Crippen molar-refractivity contribution in [2.45, 2.75) is 45.3 Å². The Morgan fingerprint density at radius 2 is 2.14 bits per heavy atom. The van der Waals surface area contributed by atoms with E-state index in [2.05, 4.69) is 18.7 Å². The number of ketones is 1. The van der Waals surface area contributed by atoms with Crippen molar-refractivity contribution in [1.82, 2.24) is 4.90 Å². The van der Waals surface area contributed by atoms with Crippen molar-refractivity contribution < 1.29 is 19.1 Å². The number of carbonyl (C=O) groups is 2. The van der Waals surface area contributed by atoms with E-state index in [1.54, 1.807) is 7.11 Å². The first-order valence-electron chi connectivity index (χ1n) is 7.84. The molecule has 0 aromatic heterocycles. The Labute approximate surface area is 126 Å². The fourth-order valence-corrected chi connectivity index (χ4v) is 5.46. The molecule has 5 nitrogen and oxygen atoms in total. The highest BCUT2D eigenvalue weighted by Crippen LogP contribution is 2.63. The van der Waals surface area contributed by atoms with Crippen LogP contribution in [-0.2, 0) is 19.1 Å². The van der Waals surface area contributed by atoms with E-state index in [1.807, 2.05) is 0 Å². The molecule has 2 saturated carbocycles. The summed E-state index contributed by atoms with van der Waals surface area (Å²) in [7, 11) is 3.08. The molecule has 0 aromatic carbocycles. The minimum absolute atomic E-state index is 0.0418. The molecule has 0 spiro atoms. The lowest BCUT2D eigenvalue weighted by Crippen LogP contribution is -2.68. The molecule has 4 bridgehead atoms. The zero-order chi connectivity index (χ0) is 15.4. The molecular formula is C16H25NO4. The lowest BCUT2D eigenvalue weighted by atomic mass is 9.52. The van der Waals surface area contributed by atoms with Gasteiger partial charge in [0.2, 0.25) is 0 Å². The predicted octanol–water partition coefficient (Wildman–Crippen LogP) is 1.25. The average molecular weight is 295 g/mol. The number of Topliss-reactive ketones (excluding diaryl/α,β-unsaturated/α-hetero) is 1. The van der Waals surface area contributed by atoms with Crippen LogP contribution in [-0.4, -0.2) is 56.1 Å². The first kappa shape index (κ1) is 15.0. The Balaban J connectivity index is 2.20. The number of hydrogen-bond donors (Lipinski definition) is 0. The average Bonchev–Trinajstić information content (AvgIpc) is 2.79. The molecule has 118 valence electrons. The predicted molar refractivity (Wildman–Crippen MR) is 76.7 cm³/mol. The van der Waals surface area contributed by atoms with Gasteiger partial charge in [-0.15, -0.1) is 0 Å². The molecule has 2 aliphatic carbocycles. The lowest BCUT2D eigenvalue weighted by molar-refractivity contribution is -0.188. The van der Waals surface area contributed by atoms with Crippen LogP contribution in [0.2, 0.25) is 0 Å². The normalized spacial score (nSPS) is 45.7. The molecular weight excluding hydrogens is 270 g/mol. The maximum atomic E-state index is 12.9. The van der Waals surface area contributed by atoms with Gasteiger partial charge >= 0.3 is 5.97 Å². The SMILES string of the molecule is CCN1CC2(C)CCC(=O)C3(C(=O)OC)C1CC(OC)C23.